The zero-order valence-electron chi connectivity index (χ0n) is 6.47. The molecule has 0 aromatic heterocycles. The molecule has 0 spiro atoms. The third-order valence-electron chi connectivity index (χ3n) is 1.21. The van der Waals surface area contributed by atoms with Gasteiger partial charge in [0.25, 0.3) is 0 Å². The molecule has 58 valence electrons. The van der Waals surface area contributed by atoms with Gasteiger partial charge in [-0.25, -0.2) is 4.79 Å². The van der Waals surface area contributed by atoms with E-state index in [0.29, 0.717) is 12.4 Å². The molecule has 3 nitrogen and oxygen atoms in total. The standard InChI is InChI=1S/C7H12O3/c1-4-10-6(3)5(2)7(8)9/h4H2,1-3H3,(H,8,9)/b6-5+. The van der Waals surface area contributed by atoms with Gasteiger partial charge in [-0.1, -0.05) is 0 Å². The van der Waals surface area contributed by atoms with E-state index in [4.69, 9.17) is 9.84 Å². The smallest absolute Gasteiger partial charge is 0.334 e. The second kappa shape index (κ2) is 3.93. The van der Waals surface area contributed by atoms with Gasteiger partial charge in [-0.3, -0.25) is 0 Å². The Labute approximate surface area is 60.3 Å². The van der Waals surface area contributed by atoms with Crippen molar-refractivity contribution in [3.8, 4) is 0 Å². The lowest BCUT2D eigenvalue weighted by Crippen LogP contribution is -2.01. The third kappa shape index (κ3) is 2.53. The Bertz CT molecular complexity index is 158. The van der Waals surface area contributed by atoms with Crippen LogP contribution in [-0.2, 0) is 9.53 Å². The maximum absolute atomic E-state index is 10.3. The normalized spacial score (nSPS) is 12.3. The van der Waals surface area contributed by atoms with E-state index in [2.05, 4.69) is 0 Å². The SMILES string of the molecule is CCO/C(C)=C(\C)C(=O)O. The van der Waals surface area contributed by atoms with Crippen molar-refractivity contribution in [1.29, 1.82) is 0 Å². The number of carboxylic acids is 1. The second-order valence-electron chi connectivity index (χ2n) is 1.92. The van der Waals surface area contributed by atoms with Crippen molar-refractivity contribution in [1.82, 2.24) is 0 Å². The predicted molar refractivity (Wildman–Crippen MR) is 37.6 cm³/mol. The molecular weight excluding hydrogens is 132 g/mol. The minimum atomic E-state index is -0.925. The Hall–Kier alpha value is -0.990. The van der Waals surface area contributed by atoms with E-state index in [0.717, 1.165) is 0 Å². The summed E-state index contributed by atoms with van der Waals surface area (Å²) in [6.07, 6.45) is 0. The van der Waals surface area contributed by atoms with E-state index in [1.165, 1.54) is 6.92 Å². The molecule has 0 atom stereocenters. The molecule has 0 saturated carbocycles. The quantitative estimate of drug-likeness (QED) is 0.481. The number of hydrogen-bond donors (Lipinski definition) is 1. The van der Waals surface area contributed by atoms with Crippen LogP contribution in [0.5, 0.6) is 0 Å². The molecule has 0 amide bonds. The zero-order chi connectivity index (χ0) is 8.15. The number of hydrogen-bond acceptors (Lipinski definition) is 2. The van der Waals surface area contributed by atoms with Gasteiger partial charge in [0, 0.05) is 0 Å². The molecule has 0 aliphatic rings. The van der Waals surface area contributed by atoms with Crippen molar-refractivity contribution < 1.29 is 14.6 Å². The fourth-order valence-electron chi connectivity index (χ4n) is 0.475. The van der Waals surface area contributed by atoms with Gasteiger partial charge in [-0.2, -0.15) is 0 Å². The molecule has 0 aromatic carbocycles. The third-order valence-corrected chi connectivity index (χ3v) is 1.21. The van der Waals surface area contributed by atoms with E-state index < -0.39 is 5.97 Å². The van der Waals surface area contributed by atoms with Crippen LogP contribution in [0.2, 0.25) is 0 Å². The van der Waals surface area contributed by atoms with Crippen LogP contribution in [0.3, 0.4) is 0 Å². The first-order valence-electron chi connectivity index (χ1n) is 3.13. The highest BCUT2D eigenvalue weighted by Crippen LogP contribution is 2.03. The number of aliphatic carboxylic acids is 1. The molecule has 3 heteroatoms. The molecule has 0 radical (unpaired) electrons. The van der Waals surface area contributed by atoms with Crippen molar-refractivity contribution in [3.63, 3.8) is 0 Å². The first kappa shape index (κ1) is 9.01. The maximum Gasteiger partial charge on any atom is 0.334 e. The highest BCUT2D eigenvalue weighted by molar-refractivity contribution is 5.86. The van der Waals surface area contributed by atoms with Gasteiger partial charge in [0.15, 0.2) is 0 Å². The summed E-state index contributed by atoms with van der Waals surface area (Å²) in [5, 5.41) is 8.44. The summed E-state index contributed by atoms with van der Waals surface area (Å²) in [6, 6.07) is 0. The van der Waals surface area contributed by atoms with Gasteiger partial charge >= 0.3 is 5.97 Å². The Morgan fingerprint density at radius 2 is 2.00 bits per heavy atom. The van der Waals surface area contributed by atoms with Crippen LogP contribution >= 0.6 is 0 Å². The lowest BCUT2D eigenvalue weighted by atomic mass is 10.3. The second-order valence-corrected chi connectivity index (χ2v) is 1.92. The first-order chi connectivity index (χ1) is 4.59. The van der Waals surface area contributed by atoms with Crippen LogP contribution in [-0.4, -0.2) is 17.7 Å². The number of allylic oxidation sites excluding steroid dienone is 1. The van der Waals surface area contributed by atoms with Crippen molar-refractivity contribution in [3.05, 3.63) is 11.3 Å². The molecule has 0 aliphatic heterocycles. The van der Waals surface area contributed by atoms with Crippen molar-refractivity contribution in [2.75, 3.05) is 6.61 Å². The number of carboxylic acid groups (broad SMARTS) is 1. The average molecular weight is 144 g/mol. The van der Waals surface area contributed by atoms with Crippen molar-refractivity contribution in [2.24, 2.45) is 0 Å². The summed E-state index contributed by atoms with van der Waals surface area (Å²) in [5.74, 6) is -0.444. The van der Waals surface area contributed by atoms with Crippen LogP contribution in [0.1, 0.15) is 20.8 Å². The largest absolute Gasteiger partial charge is 0.498 e. The van der Waals surface area contributed by atoms with Crippen LogP contribution in [0.25, 0.3) is 0 Å². The highest BCUT2D eigenvalue weighted by atomic mass is 16.5. The van der Waals surface area contributed by atoms with Gasteiger partial charge in [0.2, 0.25) is 0 Å². The topological polar surface area (TPSA) is 46.5 Å². The highest BCUT2D eigenvalue weighted by Gasteiger charge is 2.04. The molecule has 0 aliphatic carbocycles. The molecule has 0 fully saturated rings. The van der Waals surface area contributed by atoms with E-state index in [-0.39, 0.29) is 5.57 Å². The van der Waals surface area contributed by atoms with E-state index in [1.54, 1.807) is 6.92 Å². The fraction of sp³-hybridized carbons (Fsp3) is 0.571. The molecule has 0 heterocycles. The monoisotopic (exact) mass is 144 g/mol. The Morgan fingerprint density at radius 3 is 2.30 bits per heavy atom. The molecule has 0 unspecified atom stereocenters. The summed E-state index contributed by atoms with van der Waals surface area (Å²) in [7, 11) is 0. The number of rotatable bonds is 3. The van der Waals surface area contributed by atoms with Gasteiger partial charge in [0.05, 0.1) is 12.2 Å². The van der Waals surface area contributed by atoms with E-state index in [9.17, 15) is 4.79 Å². The summed E-state index contributed by atoms with van der Waals surface area (Å²) in [6.45, 7) is 5.50. The van der Waals surface area contributed by atoms with Crippen LogP contribution in [0.4, 0.5) is 0 Å². The summed E-state index contributed by atoms with van der Waals surface area (Å²) >= 11 is 0. The van der Waals surface area contributed by atoms with Crippen molar-refractivity contribution >= 4 is 5.97 Å². The maximum atomic E-state index is 10.3. The number of carbonyl (C=O) groups is 1. The molecule has 10 heavy (non-hydrogen) atoms. The molecule has 0 rings (SSSR count). The Balaban J connectivity index is 4.19. The minimum Gasteiger partial charge on any atom is -0.498 e. The van der Waals surface area contributed by atoms with E-state index >= 15 is 0 Å². The summed E-state index contributed by atoms with van der Waals surface area (Å²) in [5.41, 5.74) is 0.266. The van der Waals surface area contributed by atoms with Gasteiger partial charge in [-0.05, 0) is 20.8 Å². The predicted octanol–water partition coefficient (Wildman–Crippen LogP) is 1.40. The van der Waals surface area contributed by atoms with Crippen molar-refractivity contribution in [2.45, 2.75) is 20.8 Å². The van der Waals surface area contributed by atoms with Gasteiger partial charge in [-0.15, -0.1) is 0 Å². The minimum absolute atomic E-state index is 0.266. The lowest BCUT2D eigenvalue weighted by Gasteiger charge is -2.03. The molecule has 0 aromatic rings. The Morgan fingerprint density at radius 1 is 1.50 bits per heavy atom. The molecular formula is C7H12O3. The fourth-order valence-corrected chi connectivity index (χ4v) is 0.475. The number of ether oxygens (including phenoxy) is 1. The van der Waals surface area contributed by atoms with Crippen LogP contribution < -0.4 is 0 Å². The Kier molecular flexibility index (Phi) is 3.54. The van der Waals surface area contributed by atoms with Gasteiger partial charge in [0.1, 0.15) is 5.76 Å². The molecule has 1 N–H and O–H groups in total. The summed E-state index contributed by atoms with van der Waals surface area (Å²) < 4.78 is 4.96. The zero-order valence-corrected chi connectivity index (χ0v) is 6.47. The van der Waals surface area contributed by atoms with E-state index in [1.807, 2.05) is 6.92 Å². The first-order valence-corrected chi connectivity index (χ1v) is 3.13. The van der Waals surface area contributed by atoms with Crippen LogP contribution in [0, 0.1) is 0 Å². The molecule has 0 saturated heterocycles. The molecule has 0 bridgehead atoms. The average Bonchev–Trinajstić information content (AvgIpc) is 1.87. The lowest BCUT2D eigenvalue weighted by molar-refractivity contribution is -0.132. The van der Waals surface area contributed by atoms with Crippen LogP contribution in [0.15, 0.2) is 11.3 Å². The summed E-state index contributed by atoms with van der Waals surface area (Å²) in [4.78, 5) is 10.3. The van der Waals surface area contributed by atoms with Gasteiger partial charge < -0.3 is 9.84 Å².